The molecule has 3 rings (SSSR count). The van der Waals surface area contributed by atoms with E-state index in [0.717, 1.165) is 25.7 Å². The van der Waals surface area contributed by atoms with Gasteiger partial charge in [-0.2, -0.15) is 0 Å². The van der Waals surface area contributed by atoms with E-state index in [2.05, 4.69) is 12.2 Å². The third-order valence-corrected chi connectivity index (χ3v) is 5.41. The summed E-state index contributed by atoms with van der Waals surface area (Å²) in [6.45, 7) is 4.20. The van der Waals surface area contributed by atoms with Crippen LogP contribution in [-0.2, 0) is 9.59 Å². The maximum Gasteiger partial charge on any atom is 0.246 e. The van der Waals surface area contributed by atoms with E-state index in [-0.39, 0.29) is 29.4 Å². The van der Waals surface area contributed by atoms with Crippen molar-refractivity contribution in [3.05, 3.63) is 0 Å². The number of nitrogens with zero attached hydrogens (tertiary/aromatic N) is 1. The molecule has 2 saturated carbocycles. The SMILES string of the molecule is CCC1C(=O)NC(C2CC2)C(=O)N1C1(C)CCCCC1. The predicted octanol–water partition coefficient (Wildman–Crippen LogP) is 2.22. The fourth-order valence-electron chi connectivity index (χ4n) is 4.05. The van der Waals surface area contributed by atoms with Crippen molar-refractivity contribution in [3.63, 3.8) is 0 Å². The largest absolute Gasteiger partial charge is 0.342 e. The summed E-state index contributed by atoms with van der Waals surface area (Å²) in [5.74, 6) is 0.637. The molecule has 0 aromatic rings. The Morgan fingerprint density at radius 2 is 1.85 bits per heavy atom. The third-order valence-electron chi connectivity index (χ3n) is 5.41. The van der Waals surface area contributed by atoms with Crippen LogP contribution in [0.1, 0.15) is 65.2 Å². The number of rotatable bonds is 3. The molecule has 1 heterocycles. The van der Waals surface area contributed by atoms with Gasteiger partial charge in [0.05, 0.1) is 0 Å². The molecule has 0 bridgehead atoms. The number of carbonyl (C=O) groups excluding carboxylic acids is 2. The van der Waals surface area contributed by atoms with Crippen LogP contribution in [0.3, 0.4) is 0 Å². The first-order valence-electron chi connectivity index (χ1n) is 8.20. The Balaban J connectivity index is 1.89. The average Bonchev–Trinajstić information content (AvgIpc) is 3.25. The molecule has 2 aliphatic carbocycles. The van der Waals surface area contributed by atoms with Gasteiger partial charge in [0.15, 0.2) is 0 Å². The Kier molecular flexibility index (Phi) is 3.51. The van der Waals surface area contributed by atoms with Gasteiger partial charge in [0.2, 0.25) is 11.8 Å². The number of hydrogen-bond donors (Lipinski definition) is 1. The minimum absolute atomic E-state index is 0.0656. The van der Waals surface area contributed by atoms with Gasteiger partial charge in [0, 0.05) is 5.54 Å². The van der Waals surface area contributed by atoms with Crippen molar-refractivity contribution in [2.45, 2.75) is 82.8 Å². The van der Waals surface area contributed by atoms with Gasteiger partial charge in [-0.25, -0.2) is 0 Å². The molecule has 0 radical (unpaired) electrons. The van der Waals surface area contributed by atoms with Crippen LogP contribution in [0.25, 0.3) is 0 Å². The summed E-state index contributed by atoms with van der Waals surface area (Å²) in [7, 11) is 0. The van der Waals surface area contributed by atoms with Gasteiger partial charge in [-0.15, -0.1) is 0 Å². The van der Waals surface area contributed by atoms with E-state index >= 15 is 0 Å². The molecule has 3 aliphatic rings. The maximum atomic E-state index is 12.9. The molecular formula is C16H26N2O2. The Hall–Kier alpha value is -1.06. The number of amides is 2. The zero-order valence-corrected chi connectivity index (χ0v) is 12.7. The summed E-state index contributed by atoms with van der Waals surface area (Å²) in [6, 6.07) is -0.510. The summed E-state index contributed by atoms with van der Waals surface area (Å²) < 4.78 is 0. The monoisotopic (exact) mass is 278 g/mol. The van der Waals surface area contributed by atoms with Crippen LogP contribution in [-0.4, -0.2) is 34.3 Å². The van der Waals surface area contributed by atoms with Gasteiger partial charge >= 0.3 is 0 Å². The molecule has 20 heavy (non-hydrogen) atoms. The average molecular weight is 278 g/mol. The molecule has 4 nitrogen and oxygen atoms in total. The summed E-state index contributed by atoms with van der Waals surface area (Å²) in [5.41, 5.74) is -0.110. The zero-order valence-electron chi connectivity index (χ0n) is 12.7. The molecule has 2 atom stereocenters. The minimum Gasteiger partial charge on any atom is -0.342 e. The molecule has 112 valence electrons. The fraction of sp³-hybridized carbons (Fsp3) is 0.875. The first-order chi connectivity index (χ1) is 9.57. The summed E-state index contributed by atoms with van der Waals surface area (Å²) in [5, 5.41) is 2.99. The number of hydrogen-bond acceptors (Lipinski definition) is 2. The Morgan fingerprint density at radius 3 is 2.40 bits per heavy atom. The smallest absolute Gasteiger partial charge is 0.246 e. The Morgan fingerprint density at radius 1 is 1.20 bits per heavy atom. The van der Waals surface area contributed by atoms with Gasteiger partial charge in [0.25, 0.3) is 0 Å². The first-order valence-corrected chi connectivity index (χ1v) is 8.20. The topological polar surface area (TPSA) is 49.4 Å². The number of carbonyl (C=O) groups is 2. The highest BCUT2D eigenvalue weighted by atomic mass is 16.2. The van der Waals surface area contributed by atoms with Gasteiger partial charge in [-0.3, -0.25) is 9.59 Å². The highest BCUT2D eigenvalue weighted by Gasteiger charge is 2.51. The van der Waals surface area contributed by atoms with E-state index < -0.39 is 0 Å². The molecule has 0 spiro atoms. The molecule has 2 unspecified atom stereocenters. The van der Waals surface area contributed by atoms with Crippen molar-refractivity contribution in [1.82, 2.24) is 10.2 Å². The van der Waals surface area contributed by atoms with Crippen molar-refractivity contribution in [3.8, 4) is 0 Å². The fourth-order valence-corrected chi connectivity index (χ4v) is 4.05. The quantitative estimate of drug-likeness (QED) is 0.860. The standard InChI is InChI=1S/C16H26N2O2/c1-3-12-14(19)17-13(11-7-8-11)15(20)18(12)16(2)9-5-4-6-10-16/h11-13H,3-10H2,1-2H3,(H,17,19). The second-order valence-electron chi connectivity index (χ2n) is 7.01. The normalized spacial score (nSPS) is 34.0. The maximum absolute atomic E-state index is 12.9. The zero-order chi connectivity index (χ0) is 14.3. The summed E-state index contributed by atoms with van der Waals surface area (Å²) in [4.78, 5) is 27.3. The first kappa shape index (κ1) is 13.9. The van der Waals surface area contributed by atoms with Crippen LogP contribution in [0.5, 0.6) is 0 Å². The molecule has 2 amide bonds. The van der Waals surface area contributed by atoms with Crippen LogP contribution < -0.4 is 5.32 Å². The van der Waals surface area contributed by atoms with Crippen molar-refractivity contribution < 1.29 is 9.59 Å². The van der Waals surface area contributed by atoms with E-state index in [4.69, 9.17) is 0 Å². The van der Waals surface area contributed by atoms with E-state index in [1.165, 1.54) is 19.3 Å². The van der Waals surface area contributed by atoms with Gasteiger partial charge in [-0.05, 0) is 44.9 Å². The molecule has 1 aliphatic heterocycles. The van der Waals surface area contributed by atoms with E-state index in [9.17, 15) is 9.59 Å². The highest BCUT2D eigenvalue weighted by molar-refractivity contribution is 5.97. The number of piperazine rings is 1. The molecule has 1 saturated heterocycles. The van der Waals surface area contributed by atoms with E-state index in [0.29, 0.717) is 12.3 Å². The van der Waals surface area contributed by atoms with Crippen molar-refractivity contribution in [1.29, 1.82) is 0 Å². The Bertz CT molecular complexity index is 411. The lowest BCUT2D eigenvalue weighted by molar-refractivity contribution is -0.159. The molecular weight excluding hydrogens is 252 g/mol. The van der Waals surface area contributed by atoms with Crippen LogP contribution in [0.15, 0.2) is 0 Å². The summed E-state index contributed by atoms with van der Waals surface area (Å²) >= 11 is 0. The van der Waals surface area contributed by atoms with Crippen molar-refractivity contribution >= 4 is 11.8 Å². The molecule has 1 N–H and O–H groups in total. The third kappa shape index (κ3) is 2.23. The lowest BCUT2D eigenvalue weighted by Gasteiger charge is -2.51. The Labute approximate surface area is 121 Å². The minimum atomic E-state index is -0.263. The molecule has 0 aromatic heterocycles. The van der Waals surface area contributed by atoms with Gasteiger partial charge in [-0.1, -0.05) is 26.2 Å². The molecule has 0 aromatic carbocycles. The van der Waals surface area contributed by atoms with Crippen molar-refractivity contribution in [2.75, 3.05) is 0 Å². The summed E-state index contributed by atoms with van der Waals surface area (Å²) in [6.07, 6.45) is 8.56. The van der Waals surface area contributed by atoms with Gasteiger partial charge in [0.1, 0.15) is 12.1 Å². The lowest BCUT2D eigenvalue weighted by atomic mass is 9.79. The van der Waals surface area contributed by atoms with Crippen molar-refractivity contribution in [2.24, 2.45) is 5.92 Å². The highest BCUT2D eigenvalue weighted by Crippen LogP contribution is 2.40. The van der Waals surface area contributed by atoms with Crippen LogP contribution >= 0.6 is 0 Å². The van der Waals surface area contributed by atoms with Crippen LogP contribution in [0.4, 0.5) is 0 Å². The number of nitrogens with one attached hydrogen (secondary N) is 1. The van der Waals surface area contributed by atoms with Crippen LogP contribution in [0.2, 0.25) is 0 Å². The lowest BCUT2D eigenvalue weighted by Crippen LogP contribution is -2.69. The van der Waals surface area contributed by atoms with E-state index in [1.807, 2.05) is 11.8 Å². The van der Waals surface area contributed by atoms with E-state index in [1.54, 1.807) is 0 Å². The molecule has 4 heteroatoms. The second kappa shape index (κ2) is 5.05. The van der Waals surface area contributed by atoms with Crippen LogP contribution in [0, 0.1) is 5.92 Å². The predicted molar refractivity (Wildman–Crippen MR) is 77.1 cm³/mol. The van der Waals surface area contributed by atoms with Gasteiger partial charge < -0.3 is 10.2 Å². The molecule has 3 fully saturated rings. The second-order valence-corrected chi connectivity index (χ2v) is 7.01.